The highest BCUT2D eigenvalue weighted by Crippen LogP contribution is 2.44. The van der Waals surface area contributed by atoms with Gasteiger partial charge >= 0.3 is 0 Å². The fourth-order valence-electron chi connectivity index (χ4n) is 6.00. The molecule has 6 rings (SSSR count). The van der Waals surface area contributed by atoms with Gasteiger partial charge in [-0.3, -0.25) is 9.78 Å². The molecule has 1 fully saturated rings. The van der Waals surface area contributed by atoms with Crippen molar-refractivity contribution in [3.8, 4) is 11.4 Å². The maximum absolute atomic E-state index is 12.6. The molecule has 1 saturated heterocycles. The van der Waals surface area contributed by atoms with Crippen LogP contribution in [0.1, 0.15) is 47.2 Å². The molecule has 7 nitrogen and oxygen atoms in total. The minimum absolute atomic E-state index is 0.0729. The summed E-state index contributed by atoms with van der Waals surface area (Å²) in [5.74, 6) is 0.423. The third-order valence-corrected chi connectivity index (χ3v) is 8.36. The van der Waals surface area contributed by atoms with Crippen molar-refractivity contribution in [1.82, 2.24) is 14.9 Å². The van der Waals surface area contributed by atoms with Crippen LogP contribution in [0.5, 0.6) is 5.75 Å². The first-order chi connectivity index (χ1) is 21.4. The van der Waals surface area contributed by atoms with E-state index < -0.39 is 0 Å². The van der Waals surface area contributed by atoms with Gasteiger partial charge < -0.3 is 24.8 Å². The van der Waals surface area contributed by atoms with E-state index in [1.165, 1.54) is 16.8 Å². The Morgan fingerprint density at radius 3 is 2.41 bits per heavy atom. The van der Waals surface area contributed by atoms with Crippen LogP contribution in [0.4, 0.5) is 11.4 Å². The zero-order valence-electron chi connectivity index (χ0n) is 25.0. The first-order valence-corrected chi connectivity index (χ1v) is 15.2. The van der Waals surface area contributed by atoms with Crippen LogP contribution in [0.15, 0.2) is 109 Å². The first kappa shape index (κ1) is 29.1. The Hall–Kier alpha value is -4.95. The van der Waals surface area contributed by atoms with Crippen molar-refractivity contribution < 1.29 is 9.53 Å². The lowest BCUT2D eigenvalue weighted by Gasteiger charge is -2.28. The molecule has 1 aliphatic heterocycles. The fourth-order valence-corrected chi connectivity index (χ4v) is 6.35. The Kier molecular flexibility index (Phi) is 8.43. The second-order valence-electron chi connectivity index (χ2n) is 10.8. The van der Waals surface area contributed by atoms with Crippen LogP contribution < -0.4 is 20.3 Å². The molecule has 222 valence electrons. The Morgan fingerprint density at radius 1 is 0.955 bits per heavy atom. The number of hydrogen-bond donors (Lipinski definition) is 2. The Bertz CT molecular complexity index is 1770. The number of rotatable bonds is 9. The largest absolute Gasteiger partial charge is 0.484 e. The molecule has 0 aliphatic carbocycles. The summed E-state index contributed by atoms with van der Waals surface area (Å²) in [6.45, 7) is 6.45. The number of anilines is 2. The normalized spacial score (nSPS) is 16.1. The Labute approximate surface area is 263 Å². The van der Waals surface area contributed by atoms with Gasteiger partial charge in [-0.2, -0.15) is 0 Å². The van der Waals surface area contributed by atoms with E-state index >= 15 is 0 Å². The average Bonchev–Trinajstić information content (AvgIpc) is 3.55. The highest BCUT2D eigenvalue weighted by atomic mass is 32.1. The van der Waals surface area contributed by atoms with E-state index in [-0.39, 0.29) is 24.6 Å². The molecule has 3 aromatic carbocycles. The second-order valence-corrected chi connectivity index (χ2v) is 11.2. The number of pyridine rings is 1. The van der Waals surface area contributed by atoms with E-state index in [0.717, 1.165) is 29.2 Å². The van der Waals surface area contributed by atoms with Crippen LogP contribution >= 0.6 is 12.2 Å². The maximum atomic E-state index is 12.6. The van der Waals surface area contributed by atoms with Gasteiger partial charge in [0.25, 0.3) is 5.91 Å². The summed E-state index contributed by atoms with van der Waals surface area (Å²) in [4.78, 5) is 19.4. The number of nitrogens with zero attached hydrogens (tertiary/aromatic N) is 3. The molecule has 3 heterocycles. The van der Waals surface area contributed by atoms with Crippen molar-refractivity contribution in [3.63, 3.8) is 0 Å². The van der Waals surface area contributed by atoms with Gasteiger partial charge in [0.2, 0.25) is 0 Å². The quantitative estimate of drug-likeness (QED) is 0.174. The van der Waals surface area contributed by atoms with Gasteiger partial charge in [-0.05, 0) is 104 Å². The van der Waals surface area contributed by atoms with E-state index in [0.29, 0.717) is 16.5 Å². The van der Waals surface area contributed by atoms with Crippen LogP contribution in [0.25, 0.3) is 5.69 Å². The van der Waals surface area contributed by atoms with E-state index in [2.05, 4.69) is 71.2 Å². The van der Waals surface area contributed by atoms with E-state index in [4.69, 9.17) is 21.9 Å². The molecule has 2 N–H and O–H groups in total. The third-order valence-electron chi connectivity index (χ3n) is 8.04. The molecule has 8 heteroatoms. The number of nitrogens with one attached hydrogen (secondary N) is 2. The van der Waals surface area contributed by atoms with Gasteiger partial charge in [-0.1, -0.05) is 49.4 Å². The van der Waals surface area contributed by atoms with Gasteiger partial charge in [0, 0.05) is 34.6 Å². The monoisotopic (exact) mass is 601 g/mol. The van der Waals surface area contributed by atoms with Crippen molar-refractivity contribution in [2.75, 3.05) is 16.8 Å². The van der Waals surface area contributed by atoms with Crippen molar-refractivity contribution in [1.29, 1.82) is 0 Å². The molecule has 2 atom stereocenters. The number of aryl methyl sites for hydroxylation is 2. The zero-order chi connectivity index (χ0) is 30.6. The summed E-state index contributed by atoms with van der Waals surface area (Å²) in [6, 6.07) is 33.6. The van der Waals surface area contributed by atoms with Gasteiger partial charge in [-0.15, -0.1) is 0 Å². The van der Waals surface area contributed by atoms with Gasteiger partial charge in [-0.25, -0.2) is 0 Å². The van der Waals surface area contributed by atoms with Crippen LogP contribution in [-0.2, 0) is 11.2 Å². The zero-order valence-corrected chi connectivity index (χ0v) is 25.8. The van der Waals surface area contributed by atoms with Gasteiger partial charge in [0.15, 0.2) is 11.7 Å². The molecule has 2 aromatic heterocycles. The second kappa shape index (κ2) is 12.7. The molecule has 1 amide bonds. The summed E-state index contributed by atoms with van der Waals surface area (Å²) < 4.78 is 7.94. The number of thiocarbonyl (C=S) groups is 1. The molecule has 1 aliphatic rings. The maximum Gasteiger partial charge on any atom is 0.262 e. The van der Waals surface area contributed by atoms with Crippen molar-refractivity contribution in [2.24, 2.45) is 0 Å². The molecule has 0 saturated carbocycles. The number of hydrogen-bond acceptors (Lipinski definition) is 4. The molecule has 44 heavy (non-hydrogen) atoms. The number of carbonyl (C=O) groups excluding carboxylic acids is 1. The molecule has 5 aromatic rings. The predicted molar refractivity (Wildman–Crippen MR) is 180 cm³/mol. The lowest BCUT2D eigenvalue weighted by atomic mass is 9.96. The topological polar surface area (TPSA) is 71.4 Å². The number of ether oxygens (including phenoxy) is 1. The molecular weight excluding hydrogens is 566 g/mol. The minimum atomic E-state index is -0.229. The fraction of sp³-hybridized carbons (Fsp3) is 0.194. The van der Waals surface area contributed by atoms with Crippen LogP contribution in [0.3, 0.4) is 0 Å². The van der Waals surface area contributed by atoms with Crippen LogP contribution in [0.2, 0.25) is 0 Å². The Balaban J connectivity index is 1.32. The number of para-hydroxylation sites is 2. The number of amides is 1. The summed E-state index contributed by atoms with van der Waals surface area (Å²) in [7, 11) is 0. The highest BCUT2D eigenvalue weighted by Gasteiger charge is 2.42. The molecule has 0 unspecified atom stereocenters. The lowest BCUT2D eigenvalue weighted by molar-refractivity contribution is -0.118. The molecule has 0 bridgehead atoms. The van der Waals surface area contributed by atoms with Gasteiger partial charge in [0.1, 0.15) is 5.75 Å². The highest BCUT2D eigenvalue weighted by molar-refractivity contribution is 7.80. The van der Waals surface area contributed by atoms with Crippen LogP contribution in [0, 0.1) is 13.8 Å². The van der Waals surface area contributed by atoms with Crippen molar-refractivity contribution in [3.05, 3.63) is 138 Å². The molecule has 0 spiro atoms. The minimum Gasteiger partial charge on any atom is -0.484 e. The Morgan fingerprint density at radius 2 is 1.68 bits per heavy atom. The average molecular weight is 602 g/mol. The van der Waals surface area contributed by atoms with Crippen molar-refractivity contribution in [2.45, 2.75) is 39.3 Å². The van der Waals surface area contributed by atoms with E-state index in [1.54, 1.807) is 0 Å². The number of benzene rings is 3. The summed E-state index contributed by atoms with van der Waals surface area (Å²) in [5.41, 5.74) is 8.51. The summed E-state index contributed by atoms with van der Waals surface area (Å²) >= 11 is 5.97. The van der Waals surface area contributed by atoms with E-state index in [9.17, 15) is 4.79 Å². The lowest BCUT2D eigenvalue weighted by Crippen LogP contribution is -2.29. The number of carbonyl (C=O) groups is 1. The third kappa shape index (κ3) is 5.81. The van der Waals surface area contributed by atoms with Gasteiger partial charge in [0.05, 0.1) is 17.8 Å². The number of aromatic nitrogens is 2. The predicted octanol–water partition coefficient (Wildman–Crippen LogP) is 7.25. The SMILES string of the molecule is CCc1ccccc1-n1c(C)cc([C@@H]2[C@@H](c3ccccn3)NC(=S)N2c2ccc(NC(=O)COc3ccccc3)cc2)c1C. The summed E-state index contributed by atoms with van der Waals surface area (Å²) in [5, 5.41) is 7.11. The molecular formula is C36H35N5O2S. The smallest absolute Gasteiger partial charge is 0.262 e. The standard InChI is InChI=1S/C36H35N5O2S/c1-4-26-12-8-9-16-32(26)40-24(2)22-30(25(40)3)35-34(31-15-10-11-21-37-31)39-36(44)41(35)28-19-17-27(18-20-28)38-33(42)23-43-29-13-6-5-7-14-29/h5-22,34-35H,4,23H2,1-3H3,(H,38,42)(H,39,44)/t34-,35-/m1/s1. The van der Waals surface area contributed by atoms with Crippen molar-refractivity contribution >= 4 is 34.6 Å². The summed E-state index contributed by atoms with van der Waals surface area (Å²) in [6.07, 6.45) is 2.77. The van der Waals surface area contributed by atoms with E-state index in [1.807, 2.05) is 79.0 Å². The van der Waals surface area contributed by atoms with Crippen LogP contribution in [-0.4, -0.2) is 27.2 Å². The first-order valence-electron chi connectivity index (χ1n) is 14.8. The molecule has 0 radical (unpaired) electrons.